The summed E-state index contributed by atoms with van der Waals surface area (Å²) in [5.41, 5.74) is -0.138. The maximum absolute atomic E-state index is 12.1. The van der Waals surface area contributed by atoms with E-state index in [-0.39, 0.29) is 21.5 Å². The Balaban J connectivity index is 3.16. The lowest BCUT2D eigenvalue weighted by Gasteiger charge is -2.13. The summed E-state index contributed by atoms with van der Waals surface area (Å²) >= 11 is 5.81. The first-order valence-electron chi connectivity index (χ1n) is 5.44. The summed E-state index contributed by atoms with van der Waals surface area (Å²) in [7, 11) is -3.86. The van der Waals surface area contributed by atoms with E-state index in [9.17, 15) is 13.2 Å². The van der Waals surface area contributed by atoms with Crippen LogP contribution < -0.4 is 4.72 Å². The number of carbonyl (C=O) groups is 1. The molecular formula is C12H14ClNO4S. The van der Waals surface area contributed by atoms with Gasteiger partial charge in [-0.2, -0.15) is 0 Å². The van der Waals surface area contributed by atoms with Gasteiger partial charge in [-0.15, -0.1) is 6.58 Å². The molecule has 0 radical (unpaired) electrons. The van der Waals surface area contributed by atoms with Crippen molar-refractivity contribution in [3.8, 4) is 0 Å². The monoisotopic (exact) mass is 303 g/mol. The minimum absolute atomic E-state index is 0.0247. The number of carboxylic acids is 1. The van der Waals surface area contributed by atoms with Crippen molar-refractivity contribution in [2.75, 3.05) is 0 Å². The molecule has 0 saturated heterocycles. The normalized spacial score (nSPS) is 12.9. The number of benzene rings is 1. The highest BCUT2D eigenvalue weighted by atomic mass is 35.5. The summed E-state index contributed by atoms with van der Waals surface area (Å²) in [6, 6.07) is 3.18. The molecule has 104 valence electrons. The van der Waals surface area contributed by atoms with E-state index in [2.05, 4.69) is 11.3 Å². The van der Waals surface area contributed by atoms with E-state index in [0.717, 1.165) is 6.07 Å². The Bertz CT molecular complexity index is 598. The minimum Gasteiger partial charge on any atom is -0.478 e. The van der Waals surface area contributed by atoms with Gasteiger partial charge in [0.1, 0.15) is 4.90 Å². The maximum atomic E-state index is 12.1. The molecule has 1 rings (SSSR count). The van der Waals surface area contributed by atoms with Crippen LogP contribution in [0, 0.1) is 0 Å². The molecule has 1 unspecified atom stereocenters. The van der Waals surface area contributed by atoms with Crippen molar-refractivity contribution < 1.29 is 18.3 Å². The second-order valence-corrected chi connectivity index (χ2v) is 6.09. The van der Waals surface area contributed by atoms with Crippen LogP contribution in [-0.2, 0) is 10.0 Å². The Morgan fingerprint density at radius 2 is 2.21 bits per heavy atom. The fourth-order valence-electron chi connectivity index (χ4n) is 1.47. The summed E-state index contributed by atoms with van der Waals surface area (Å²) < 4.78 is 26.6. The second-order valence-electron chi connectivity index (χ2n) is 4.00. The lowest BCUT2D eigenvalue weighted by atomic mass is 10.2. The molecule has 0 fully saturated rings. The van der Waals surface area contributed by atoms with Crippen LogP contribution in [0.1, 0.15) is 23.7 Å². The first-order chi connectivity index (χ1) is 8.77. The van der Waals surface area contributed by atoms with Crippen LogP contribution in [0.15, 0.2) is 35.7 Å². The van der Waals surface area contributed by atoms with Crippen molar-refractivity contribution in [2.24, 2.45) is 0 Å². The van der Waals surface area contributed by atoms with E-state index in [0.29, 0.717) is 6.42 Å². The molecule has 0 spiro atoms. The standard InChI is InChI=1S/C12H14ClNO4S/c1-3-4-8(2)14-19(17,18)11-7-9(12(15)16)5-6-10(11)13/h3,5-8,14H,1,4H2,2H3,(H,15,16). The smallest absolute Gasteiger partial charge is 0.335 e. The summed E-state index contributed by atoms with van der Waals surface area (Å²) in [6.07, 6.45) is 2.04. The summed E-state index contributed by atoms with van der Waals surface area (Å²) in [6.45, 7) is 5.19. The van der Waals surface area contributed by atoms with E-state index in [1.165, 1.54) is 12.1 Å². The molecule has 5 nitrogen and oxygen atoms in total. The van der Waals surface area contributed by atoms with Crippen LogP contribution >= 0.6 is 11.6 Å². The molecule has 0 aliphatic rings. The highest BCUT2D eigenvalue weighted by Crippen LogP contribution is 2.23. The van der Waals surface area contributed by atoms with Gasteiger partial charge >= 0.3 is 5.97 Å². The average Bonchev–Trinajstić information content (AvgIpc) is 2.28. The fourth-order valence-corrected chi connectivity index (χ4v) is 3.25. The zero-order chi connectivity index (χ0) is 14.6. The highest BCUT2D eigenvalue weighted by Gasteiger charge is 2.21. The Hall–Kier alpha value is -1.37. The molecular weight excluding hydrogens is 290 g/mol. The second kappa shape index (κ2) is 6.18. The van der Waals surface area contributed by atoms with E-state index < -0.39 is 16.0 Å². The van der Waals surface area contributed by atoms with Crippen molar-refractivity contribution in [3.05, 3.63) is 41.4 Å². The Morgan fingerprint density at radius 3 is 2.74 bits per heavy atom. The van der Waals surface area contributed by atoms with Crippen molar-refractivity contribution in [1.82, 2.24) is 4.72 Å². The van der Waals surface area contributed by atoms with Crippen LogP contribution in [0.5, 0.6) is 0 Å². The highest BCUT2D eigenvalue weighted by molar-refractivity contribution is 7.89. The molecule has 0 bridgehead atoms. The summed E-state index contributed by atoms with van der Waals surface area (Å²) in [4.78, 5) is 10.6. The van der Waals surface area contributed by atoms with Crippen molar-refractivity contribution in [3.63, 3.8) is 0 Å². The zero-order valence-electron chi connectivity index (χ0n) is 10.3. The van der Waals surface area contributed by atoms with Gasteiger partial charge in [0, 0.05) is 6.04 Å². The lowest BCUT2D eigenvalue weighted by Crippen LogP contribution is -2.32. The molecule has 2 N–H and O–H groups in total. The van der Waals surface area contributed by atoms with Crippen molar-refractivity contribution in [1.29, 1.82) is 0 Å². The number of halogens is 1. The van der Waals surface area contributed by atoms with Crippen molar-refractivity contribution in [2.45, 2.75) is 24.3 Å². The first kappa shape index (κ1) is 15.7. The van der Waals surface area contributed by atoms with Crippen LogP contribution in [0.2, 0.25) is 5.02 Å². The number of aromatic carboxylic acids is 1. The molecule has 0 aliphatic carbocycles. The van der Waals surface area contributed by atoms with E-state index in [4.69, 9.17) is 16.7 Å². The van der Waals surface area contributed by atoms with Crippen molar-refractivity contribution >= 4 is 27.6 Å². The maximum Gasteiger partial charge on any atom is 0.335 e. The molecule has 0 aliphatic heterocycles. The van der Waals surface area contributed by atoms with Gasteiger partial charge in [-0.3, -0.25) is 0 Å². The van der Waals surface area contributed by atoms with Crippen LogP contribution in [-0.4, -0.2) is 25.5 Å². The molecule has 0 aromatic heterocycles. The zero-order valence-corrected chi connectivity index (χ0v) is 11.8. The van der Waals surface area contributed by atoms with Crippen LogP contribution in [0.3, 0.4) is 0 Å². The van der Waals surface area contributed by atoms with E-state index in [1.807, 2.05) is 0 Å². The number of nitrogens with one attached hydrogen (secondary N) is 1. The van der Waals surface area contributed by atoms with Gasteiger partial charge in [-0.1, -0.05) is 17.7 Å². The molecule has 19 heavy (non-hydrogen) atoms. The third-order valence-corrected chi connectivity index (χ3v) is 4.42. The molecule has 0 saturated carbocycles. The third kappa shape index (κ3) is 4.05. The van der Waals surface area contributed by atoms with E-state index in [1.54, 1.807) is 13.0 Å². The number of hydrogen-bond donors (Lipinski definition) is 2. The fraction of sp³-hybridized carbons (Fsp3) is 0.250. The Labute approximate surface area is 117 Å². The quantitative estimate of drug-likeness (QED) is 0.790. The molecule has 7 heteroatoms. The van der Waals surface area contributed by atoms with Gasteiger partial charge in [0.2, 0.25) is 10.0 Å². The Kier molecular flexibility index (Phi) is 5.11. The molecule has 1 aromatic rings. The Morgan fingerprint density at radius 1 is 1.58 bits per heavy atom. The number of carboxylic acid groups (broad SMARTS) is 1. The largest absolute Gasteiger partial charge is 0.478 e. The molecule has 0 amide bonds. The lowest BCUT2D eigenvalue weighted by molar-refractivity contribution is 0.0696. The predicted molar refractivity (Wildman–Crippen MR) is 73.0 cm³/mol. The summed E-state index contributed by atoms with van der Waals surface area (Å²) in [5, 5.41) is 8.84. The topological polar surface area (TPSA) is 83.5 Å². The number of hydrogen-bond acceptors (Lipinski definition) is 3. The minimum atomic E-state index is -3.86. The number of rotatable bonds is 6. The SMILES string of the molecule is C=CCC(C)NS(=O)(=O)c1cc(C(=O)O)ccc1Cl. The van der Waals surface area contributed by atoms with Gasteiger partial charge in [-0.25, -0.2) is 17.9 Å². The predicted octanol–water partition coefficient (Wildman–Crippen LogP) is 2.28. The molecule has 1 aromatic carbocycles. The summed E-state index contributed by atoms with van der Waals surface area (Å²) in [5.74, 6) is -1.22. The average molecular weight is 304 g/mol. The molecule has 0 heterocycles. The van der Waals surface area contributed by atoms with Gasteiger partial charge < -0.3 is 5.11 Å². The first-order valence-corrected chi connectivity index (χ1v) is 7.30. The van der Waals surface area contributed by atoms with Crippen LogP contribution in [0.4, 0.5) is 0 Å². The van der Waals surface area contributed by atoms with Gasteiger partial charge in [-0.05, 0) is 31.5 Å². The van der Waals surface area contributed by atoms with Gasteiger partial charge in [0.05, 0.1) is 10.6 Å². The van der Waals surface area contributed by atoms with E-state index >= 15 is 0 Å². The van der Waals surface area contributed by atoms with Crippen LogP contribution in [0.25, 0.3) is 0 Å². The molecule has 1 atom stereocenters. The number of sulfonamides is 1. The van der Waals surface area contributed by atoms with Gasteiger partial charge in [0.25, 0.3) is 0 Å². The third-order valence-electron chi connectivity index (χ3n) is 2.34. The van der Waals surface area contributed by atoms with Gasteiger partial charge in [0.15, 0.2) is 0 Å².